The van der Waals surface area contributed by atoms with Gasteiger partial charge in [0.1, 0.15) is 11.6 Å². The first kappa shape index (κ1) is 31.9. The third-order valence-corrected chi connectivity index (χ3v) is 4.67. The predicted molar refractivity (Wildman–Crippen MR) is 139 cm³/mol. The van der Waals surface area contributed by atoms with Crippen LogP contribution in [0.2, 0.25) is 0 Å². The van der Waals surface area contributed by atoms with Gasteiger partial charge in [0.25, 0.3) is 0 Å². The van der Waals surface area contributed by atoms with Gasteiger partial charge in [-0.3, -0.25) is 9.78 Å². The number of hydrogen-bond donors (Lipinski definition) is 0. The van der Waals surface area contributed by atoms with Crippen LogP contribution >= 0.6 is 0 Å². The van der Waals surface area contributed by atoms with Gasteiger partial charge in [-0.15, -0.1) is 0 Å². The van der Waals surface area contributed by atoms with Crippen molar-refractivity contribution in [2.45, 2.75) is 101 Å². The van der Waals surface area contributed by atoms with Crippen molar-refractivity contribution in [3.05, 3.63) is 65.0 Å². The van der Waals surface area contributed by atoms with Gasteiger partial charge < -0.3 is 4.79 Å². The molecular formula is C29H47NO2. The molecule has 1 unspecified atom stereocenters. The minimum absolute atomic E-state index is 0.107. The average molecular weight is 442 g/mol. The quantitative estimate of drug-likeness (QED) is 0.420. The Hall–Kier alpha value is -2.29. The number of carbonyl (C=O) groups excluding carboxylic acids is 2. The number of benzene rings is 1. The summed E-state index contributed by atoms with van der Waals surface area (Å²) in [6, 6.07) is 13.0. The van der Waals surface area contributed by atoms with Crippen LogP contribution < -0.4 is 0 Å². The van der Waals surface area contributed by atoms with E-state index in [4.69, 9.17) is 0 Å². The van der Waals surface area contributed by atoms with Crippen molar-refractivity contribution in [1.29, 1.82) is 0 Å². The van der Waals surface area contributed by atoms with E-state index in [-0.39, 0.29) is 17.5 Å². The summed E-state index contributed by atoms with van der Waals surface area (Å²) in [5.41, 5.74) is 5.07. The zero-order valence-corrected chi connectivity index (χ0v) is 22.3. The fourth-order valence-electron chi connectivity index (χ4n) is 2.74. The standard InChI is InChI=1S/C22H29NO.C3H6O.2C2H6/c1-16(2)21-12-13-22(23-15-21)7-5-6-19-8-10-20(11-9-19)14-17(3)18(4)24;1-3(2)4;2*1-2/h8-13,15-17H,5-7,14H2,1-4H3;1-2H3;2*1-2H3. The highest BCUT2D eigenvalue weighted by atomic mass is 16.1. The molecule has 2 aromatic rings. The van der Waals surface area contributed by atoms with E-state index in [2.05, 4.69) is 55.2 Å². The molecule has 0 saturated heterocycles. The molecule has 0 aliphatic heterocycles. The van der Waals surface area contributed by atoms with Crippen LogP contribution in [0.3, 0.4) is 0 Å². The molecule has 1 aromatic heterocycles. The smallest absolute Gasteiger partial charge is 0.132 e. The van der Waals surface area contributed by atoms with Gasteiger partial charge in [0.15, 0.2) is 0 Å². The second-order valence-corrected chi connectivity index (χ2v) is 8.03. The summed E-state index contributed by atoms with van der Waals surface area (Å²) < 4.78 is 0. The van der Waals surface area contributed by atoms with Crippen molar-refractivity contribution in [3.8, 4) is 0 Å². The third-order valence-electron chi connectivity index (χ3n) is 4.67. The Balaban J connectivity index is 0. The van der Waals surface area contributed by atoms with E-state index in [1.807, 2.05) is 40.8 Å². The summed E-state index contributed by atoms with van der Waals surface area (Å²) in [6.45, 7) is 19.1. The molecule has 1 aromatic carbocycles. The normalized spacial score (nSPS) is 10.5. The van der Waals surface area contributed by atoms with Crippen LogP contribution in [0.5, 0.6) is 0 Å². The van der Waals surface area contributed by atoms with Gasteiger partial charge >= 0.3 is 0 Å². The van der Waals surface area contributed by atoms with E-state index in [9.17, 15) is 9.59 Å². The highest BCUT2D eigenvalue weighted by Gasteiger charge is 2.08. The Morgan fingerprint density at radius 3 is 1.69 bits per heavy atom. The van der Waals surface area contributed by atoms with Gasteiger partial charge in [-0.2, -0.15) is 0 Å². The van der Waals surface area contributed by atoms with E-state index in [0.717, 1.165) is 25.7 Å². The molecule has 3 nitrogen and oxygen atoms in total. The van der Waals surface area contributed by atoms with Gasteiger partial charge in [0, 0.05) is 17.8 Å². The van der Waals surface area contributed by atoms with E-state index < -0.39 is 0 Å². The van der Waals surface area contributed by atoms with Gasteiger partial charge in [-0.05, 0) is 75.1 Å². The number of hydrogen-bond acceptors (Lipinski definition) is 3. The second-order valence-electron chi connectivity index (χ2n) is 8.03. The molecule has 0 N–H and O–H groups in total. The lowest BCUT2D eigenvalue weighted by molar-refractivity contribution is -0.120. The van der Waals surface area contributed by atoms with Crippen molar-refractivity contribution in [3.63, 3.8) is 0 Å². The fourth-order valence-corrected chi connectivity index (χ4v) is 2.74. The maximum atomic E-state index is 11.3. The minimum atomic E-state index is 0.107. The number of Topliss-reactive ketones (excluding diaryl/α,β-unsaturated/α-hetero) is 2. The maximum absolute atomic E-state index is 11.3. The lowest BCUT2D eigenvalue weighted by atomic mass is 9.96. The largest absolute Gasteiger partial charge is 0.300 e. The second kappa shape index (κ2) is 19.4. The number of aromatic nitrogens is 1. The van der Waals surface area contributed by atoms with Crippen molar-refractivity contribution in [2.75, 3.05) is 0 Å². The highest BCUT2D eigenvalue weighted by Crippen LogP contribution is 2.15. The first-order valence-electron chi connectivity index (χ1n) is 12.2. The Kier molecular flexibility index (Phi) is 19.3. The summed E-state index contributed by atoms with van der Waals surface area (Å²) >= 11 is 0. The van der Waals surface area contributed by atoms with Crippen molar-refractivity contribution in [2.24, 2.45) is 5.92 Å². The van der Waals surface area contributed by atoms with Gasteiger partial charge in [0.2, 0.25) is 0 Å². The molecule has 180 valence electrons. The van der Waals surface area contributed by atoms with Crippen LogP contribution in [-0.4, -0.2) is 16.6 Å². The molecule has 0 bridgehead atoms. The number of pyridine rings is 1. The summed E-state index contributed by atoms with van der Waals surface area (Å²) in [4.78, 5) is 25.4. The highest BCUT2D eigenvalue weighted by molar-refractivity contribution is 5.78. The molecule has 0 aliphatic rings. The number of rotatable bonds is 8. The fraction of sp³-hybridized carbons (Fsp3) is 0.552. The molecular weight excluding hydrogens is 394 g/mol. The van der Waals surface area contributed by atoms with Crippen LogP contribution in [0, 0.1) is 5.92 Å². The summed E-state index contributed by atoms with van der Waals surface area (Å²) in [5.74, 6) is 1.07. The molecule has 2 rings (SSSR count). The lowest BCUT2D eigenvalue weighted by Gasteiger charge is -2.09. The number of aryl methyl sites for hydroxylation is 2. The number of ketones is 2. The molecule has 0 fully saturated rings. The number of nitrogens with zero attached hydrogens (tertiary/aromatic N) is 1. The van der Waals surface area contributed by atoms with Crippen LogP contribution in [0.1, 0.15) is 104 Å². The van der Waals surface area contributed by atoms with Gasteiger partial charge in [0.05, 0.1) is 0 Å². The van der Waals surface area contributed by atoms with E-state index in [0.29, 0.717) is 5.92 Å². The molecule has 0 aliphatic carbocycles. The number of carbonyl (C=O) groups is 2. The lowest BCUT2D eigenvalue weighted by Crippen LogP contribution is -2.09. The van der Waals surface area contributed by atoms with E-state index in [1.54, 1.807) is 6.92 Å². The molecule has 3 heteroatoms. The molecule has 1 heterocycles. The maximum Gasteiger partial charge on any atom is 0.132 e. The topological polar surface area (TPSA) is 47.0 Å². The molecule has 0 spiro atoms. The van der Waals surface area contributed by atoms with E-state index in [1.165, 1.54) is 36.2 Å². The Morgan fingerprint density at radius 2 is 1.28 bits per heavy atom. The van der Waals surface area contributed by atoms with Crippen LogP contribution in [0.15, 0.2) is 42.6 Å². The first-order valence-corrected chi connectivity index (χ1v) is 12.2. The molecule has 32 heavy (non-hydrogen) atoms. The monoisotopic (exact) mass is 441 g/mol. The summed E-state index contributed by atoms with van der Waals surface area (Å²) in [5, 5.41) is 0. The Bertz CT molecular complexity index is 727. The molecule has 1 atom stereocenters. The van der Waals surface area contributed by atoms with E-state index >= 15 is 0 Å². The summed E-state index contributed by atoms with van der Waals surface area (Å²) in [6.07, 6.45) is 6.03. The van der Waals surface area contributed by atoms with Crippen molar-refractivity contribution in [1.82, 2.24) is 4.98 Å². The SMILES string of the molecule is CC.CC.CC(=O)C(C)Cc1ccc(CCCc2ccc(C(C)C)cn2)cc1.CC(C)=O. The average Bonchev–Trinajstić information content (AvgIpc) is 2.77. The summed E-state index contributed by atoms with van der Waals surface area (Å²) in [7, 11) is 0. The zero-order chi connectivity index (χ0) is 25.1. The zero-order valence-electron chi connectivity index (χ0n) is 22.3. The minimum Gasteiger partial charge on any atom is -0.300 e. The Labute approximate surface area is 198 Å². The predicted octanol–water partition coefficient (Wildman–Crippen LogP) is 7.80. The molecule has 0 saturated carbocycles. The third kappa shape index (κ3) is 15.5. The van der Waals surface area contributed by atoms with Crippen LogP contribution in [-0.2, 0) is 28.9 Å². The van der Waals surface area contributed by atoms with Crippen molar-refractivity contribution < 1.29 is 9.59 Å². The molecule has 0 amide bonds. The Morgan fingerprint density at radius 1 is 0.781 bits per heavy atom. The van der Waals surface area contributed by atoms with Crippen LogP contribution in [0.4, 0.5) is 0 Å². The van der Waals surface area contributed by atoms with Gasteiger partial charge in [-0.1, -0.05) is 78.8 Å². The van der Waals surface area contributed by atoms with Crippen LogP contribution in [0.25, 0.3) is 0 Å². The van der Waals surface area contributed by atoms with Crippen molar-refractivity contribution >= 4 is 11.6 Å². The molecule has 0 radical (unpaired) electrons. The first-order chi connectivity index (χ1) is 15.2. The van der Waals surface area contributed by atoms with Gasteiger partial charge in [-0.25, -0.2) is 0 Å².